The molecule has 180 valence electrons. The smallest absolute Gasteiger partial charge is 0.224 e. The standard InChI is InChI=1S/C23H27Cl2FN2O4S/c1-14(2)18-13-17(4-5-21(18)26)32-23-19(24)11-16(12-20(23)25)27-22(29)10-15-6-8-28(9-7-15)33(3,30)31/h4-5,11-15H,6-10H2,1-3H3,(H,27,29). The summed E-state index contributed by atoms with van der Waals surface area (Å²) in [7, 11) is -3.20. The molecule has 1 amide bonds. The van der Waals surface area contributed by atoms with Gasteiger partial charge in [0.25, 0.3) is 0 Å². The van der Waals surface area contributed by atoms with E-state index in [9.17, 15) is 17.6 Å². The van der Waals surface area contributed by atoms with Gasteiger partial charge in [-0.15, -0.1) is 0 Å². The molecule has 0 aliphatic carbocycles. The summed E-state index contributed by atoms with van der Waals surface area (Å²) in [6.45, 7) is 4.61. The van der Waals surface area contributed by atoms with Crippen LogP contribution in [-0.2, 0) is 14.8 Å². The largest absolute Gasteiger partial charge is 0.454 e. The quantitative estimate of drug-likeness (QED) is 0.485. The van der Waals surface area contributed by atoms with Crippen molar-refractivity contribution in [3.05, 3.63) is 51.8 Å². The van der Waals surface area contributed by atoms with Crippen LogP contribution in [-0.4, -0.2) is 38.0 Å². The molecule has 1 fully saturated rings. The predicted octanol–water partition coefficient (Wildman–Crippen LogP) is 6.05. The fourth-order valence-corrected chi connectivity index (χ4v) is 5.23. The number of ether oxygens (including phenoxy) is 1. The highest BCUT2D eigenvalue weighted by atomic mass is 35.5. The lowest BCUT2D eigenvalue weighted by Gasteiger charge is -2.29. The molecule has 2 aromatic rings. The van der Waals surface area contributed by atoms with E-state index in [1.807, 2.05) is 13.8 Å². The van der Waals surface area contributed by atoms with Crippen molar-refractivity contribution in [1.82, 2.24) is 4.31 Å². The molecule has 1 N–H and O–H groups in total. The number of nitrogens with zero attached hydrogens (tertiary/aromatic N) is 1. The van der Waals surface area contributed by atoms with Crippen molar-refractivity contribution in [3.63, 3.8) is 0 Å². The molecule has 1 saturated heterocycles. The molecule has 0 saturated carbocycles. The van der Waals surface area contributed by atoms with E-state index in [1.54, 1.807) is 18.2 Å². The normalized spacial score (nSPS) is 15.6. The topological polar surface area (TPSA) is 75.7 Å². The van der Waals surface area contributed by atoms with E-state index in [1.165, 1.54) is 22.7 Å². The van der Waals surface area contributed by atoms with Crippen LogP contribution in [0.1, 0.15) is 44.6 Å². The summed E-state index contributed by atoms with van der Waals surface area (Å²) in [5.74, 6) is 0.191. The summed E-state index contributed by atoms with van der Waals surface area (Å²) in [6, 6.07) is 7.52. The number of benzene rings is 2. The Morgan fingerprint density at radius 1 is 1.18 bits per heavy atom. The molecule has 0 radical (unpaired) electrons. The summed E-state index contributed by atoms with van der Waals surface area (Å²) in [4.78, 5) is 12.5. The zero-order chi connectivity index (χ0) is 24.3. The number of piperidine rings is 1. The van der Waals surface area contributed by atoms with Gasteiger partial charge in [-0.05, 0) is 60.6 Å². The Hall–Kier alpha value is -1.87. The van der Waals surface area contributed by atoms with E-state index in [4.69, 9.17) is 27.9 Å². The fourth-order valence-electron chi connectivity index (χ4n) is 3.79. The van der Waals surface area contributed by atoms with Gasteiger partial charge in [-0.25, -0.2) is 17.1 Å². The summed E-state index contributed by atoms with van der Waals surface area (Å²) in [5.41, 5.74) is 0.948. The second-order valence-corrected chi connectivity index (χ2v) is 11.4. The third-order valence-corrected chi connectivity index (χ3v) is 7.47. The van der Waals surface area contributed by atoms with Gasteiger partial charge in [0.1, 0.15) is 11.6 Å². The van der Waals surface area contributed by atoms with Crippen LogP contribution in [0.3, 0.4) is 0 Å². The molecule has 0 aromatic heterocycles. The molecule has 1 aliphatic heterocycles. The van der Waals surface area contributed by atoms with E-state index in [0.29, 0.717) is 42.9 Å². The average molecular weight is 517 g/mol. The molecule has 3 rings (SSSR count). The zero-order valence-corrected chi connectivity index (χ0v) is 21.0. The third kappa shape index (κ3) is 6.82. The van der Waals surface area contributed by atoms with Gasteiger partial charge < -0.3 is 10.1 Å². The van der Waals surface area contributed by atoms with Gasteiger partial charge in [0.15, 0.2) is 5.75 Å². The highest BCUT2D eigenvalue weighted by molar-refractivity contribution is 7.88. The molecule has 0 bridgehead atoms. The van der Waals surface area contributed by atoms with Gasteiger partial charge in [-0.1, -0.05) is 37.0 Å². The van der Waals surface area contributed by atoms with Crippen molar-refractivity contribution in [3.8, 4) is 11.5 Å². The van der Waals surface area contributed by atoms with Crippen LogP contribution < -0.4 is 10.1 Å². The molecule has 2 aromatic carbocycles. The van der Waals surface area contributed by atoms with Gasteiger partial charge in [0.2, 0.25) is 15.9 Å². The maximum atomic E-state index is 14.0. The first kappa shape index (κ1) is 25.7. The van der Waals surface area contributed by atoms with Crippen LogP contribution in [0.2, 0.25) is 10.0 Å². The number of sulfonamides is 1. The lowest BCUT2D eigenvalue weighted by atomic mass is 9.94. The minimum absolute atomic E-state index is 0.0179. The number of carbonyl (C=O) groups is 1. The summed E-state index contributed by atoms with van der Waals surface area (Å²) in [5, 5.41) is 3.20. The van der Waals surface area contributed by atoms with Crippen molar-refractivity contribution in [2.45, 2.75) is 39.0 Å². The van der Waals surface area contributed by atoms with Gasteiger partial charge in [-0.3, -0.25) is 4.79 Å². The Morgan fingerprint density at radius 2 is 1.79 bits per heavy atom. The molecule has 6 nitrogen and oxygen atoms in total. The van der Waals surface area contributed by atoms with Crippen LogP contribution in [0.15, 0.2) is 30.3 Å². The molecular formula is C23H27Cl2FN2O4S. The lowest BCUT2D eigenvalue weighted by Crippen LogP contribution is -2.38. The molecule has 10 heteroatoms. The number of hydrogen-bond donors (Lipinski definition) is 1. The van der Waals surface area contributed by atoms with E-state index in [2.05, 4.69) is 5.32 Å². The Kier molecular flexibility index (Phi) is 8.26. The molecule has 0 spiro atoms. The second kappa shape index (κ2) is 10.6. The van der Waals surface area contributed by atoms with Crippen LogP contribution in [0.5, 0.6) is 11.5 Å². The minimum Gasteiger partial charge on any atom is -0.454 e. The lowest BCUT2D eigenvalue weighted by molar-refractivity contribution is -0.117. The first-order valence-electron chi connectivity index (χ1n) is 10.7. The number of hydrogen-bond acceptors (Lipinski definition) is 4. The van der Waals surface area contributed by atoms with Crippen molar-refractivity contribution in [1.29, 1.82) is 0 Å². The van der Waals surface area contributed by atoms with Crippen molar-refractivity contribution < 1.29 is 22.3 Å². The Morgan fingerprint density at radius 3 is 2.33 bits per heavy atom. The van der Waals surface area contributed by atoms with Crippen LogP contribution >= 0.6 is 23.2 Å². The average Bonchev–Trinajstić information content (AvgIpc) is 2.71. The number of amides is 1. The third-order valence-electron chi connectivity index (χ3n) is 5.61. The summed E-state index contributed by atoms with van der Waals surface area (Å²) in [6.07, 6.45) is 2.73. The van der Waals surface area contributed by atoms with Crippen molar-refractivity contribution >= 4 is 44.8 Å². The first-order chi connectivity index (χ1) is 15.4. The molecule has 0 unspecified atom stereocenters. The monoisotopic (exact) mass is 516 g/mol. The van der Waals surface area contributed by atoms with Gasteiger partial charge in [-0.2, -0.15) is 0 Å². The van der Waals surface area contributed by atoms with Crippen LogP contribution in [0.25, 0.3) is 0 Å². The first-order valence-corrected chi connectivity index (χ1v) is 13.3. The predicted molar refractivity (Wildman–Crippen MR) is 129 cm³/mol. The van der Waals surface area contributed by atoms with E-state index >= 15 is 0 Å². The van der Waals surface area contributed by atoms with Gasteiger partial charge in [0.05, 0.1) is 16.3 Å². The van der Waals surface area contributed by atoms with E-state index in [0.717, 1.165) is 0 Å². The Balaban J connectivity index is 1.63. The molecular weight excluding hydrogens is 490 g/mol. The van der Waals surface area contributed by atoms with E-state index in [-0.39, 0.29) is 45.8 Å². The molecule has 33 heavy (non-hydrogen) atoms. The van der Waals surface area contributed by atoms with Crippen molar-refractivity contribution in [2.75, 3.05) is 24.7 Å². The van der Waals surface area contributed by atoms with Crippen LogP contribution in [0.4, 0.5) is 10.1 Å². The van der Waals surface area contributed by atoms with Gasteiger partial charge in [0, 0.05) is 25.2 Å². The Labute approximate surface area is 204 Å². The maximum absolute atomic E-state index is 14.0. The number of halogens is 3. The van der Waals surface area contributed by atoms with Crippen molar-refractivity contribution in [2.24, 2.45) is 5.92 Å². The summed E-state index contributed by atoms with van der Waals surface area (Å²) < 4.78 is 44.4. The fraction of sp³-hybridized carbons (Fsp3) is 0.435. The maximum Gasteiger partial charge on any atom is 0.224 e. The minimum atomic E-state index is -3.20. The number of nitrogens with one attached hydrogen (secondary N) is 1. The molecule has 1 aliphatic rings. The number of carbonyl (C=O) groups excluding carboxylic acids is 1. The number of anilines is 1. The van der Waals surface area contributed by atoms with Crippen LogP contribution in [0, 0.1) is 11.7 Å². The second-order valence-electron chi connectivity index (χ2n) is 8.57. The van der Waals surface area contributed by atoms with Gasteiger partial charge >= 0.3 is 0 Å². The SMILES string of the molecule is CC(C)c1cc(Oc2c(Cl)cc(NC(=O)CC3CCN(S(C)(=O)=O)CC3)cc2Cl)ccc1F. The summed E-state index contributed by atoms with van der Waals surface area (Å²) >= 11 is 12.7. The van der Waals surface area contributed by atoms with E-state index < -0.39 is 10.0 Å². The highest BCUT2D eigenvalue weighted by Crippen LogP contribution is 2.39. The highest BCUT2D eigenvalue weighted by Gasteiger charge is 2.26. The Bertz CT molecular complexity index is 1110. The molecule has 0 atom stereocenters. The molecule has 1 heterocycles. The zero-order valence-electron chi connectivity index (χ0n) is 18.7. The number of rotatable bonds is 7.